The SMILES string of the molecule is CCN(CCN)CCNc1cccc(F)n1. The molecule has 0 fully saturated rings. The van der Waals surface area contributed by atoms with Gasteiger partial charge in [-0.1, -0.05) is 13.0 Å². The van der Waals surface area contributed by atoms with E-state index in [9.17, 15) is 4.39 Å². The van der Waals surface area contributed by atoms with Crippen molar-refractivity contribution in [1.29, 1.82) is 0 Å². The molecule has 90 valence electrons. The van der Waals surface area contributed by atoms with Crippen molar-refractivity contribution < 1.29 is 4.39 Å². The van der Waals surface area contributed by atoms with Crippen LogP contribution < -0.4 is 11.1 Å². The monoisotopic (exact) mass is 226 g/mol. The summed E-state index contributed by atoms with van der Waals surface area (Å²) in [6.45, 7) is 6.22. The second-order valence-electron chi connectivity index (χ2n) is 3.50. The number of rotatable bonds is 7. The van der Waals surface area contributed by atoms with Crippen LogP contribution in [0.2, 0.25) is 0 Å². The average molecular weight is 226 g/mol. The Bertz CT molecular complexity index is 306. The molecule has 0 saturated carbocycles. The average Bonchev–Trinajstić information content (AvgIpc) is 2.28. The number of likely N-dealkylation sites (N-methyl/N-ethyl adjacent to an activating group) is 1. The lowest BCUT2D eigenvalue weighted by molar-refractivity contribution is 0.307. The lowest BCUT2D eigenvalue weighted by atomic mass is 10.4. The molecule has 1 rings (SSSR count). The molecule has 0 aromatic carbocycles. The summed E-state index contributed by atoms with van der Waals surface area (Å²) in [5.41, 5.74) is 5.48. The van der Waals surface area contributed by atoms with Gasteiger partial charge >= 0.3 is 0 Å². The Morgan fingerprint density at radius 3 is 2.88 bits per heavy atom. The lowest BCUT2D eigenvalue weighted by Crippen LogP contribution is -2.33. The van der Waals surface area contributed by atoms with Crippen molar-refractivity contribution in [3.05, 3.63) is 24.1 Å². The minimum atomic E-state index is -0.459. The molecule has 4 nitrogen and oxygen atoms in total. The van der Waals surface area contributed by atoms with E-state index < -0.39 is 5.95 Å². The van der Waals surface area contributed by atoms with E-state index in [1.165, 1.54) is 6.07 Å². The van der Waals surface area contributed by atoms with Crippen LogP contribution in [-0.2, 0) is 0 Å². The molecule has 0 spiro atoms. The van der Waals surface area contributed by atoms with Crippen molar-refractivity contribution in [2.75, 3.05) is 38.0 Å². The van der Waals surface area contributed by atoms with Crippen LogP contribution in [0.1, 0.15) is 6.92 Å². The molecule has 1 heterocycles. The Balaban J connectivity index is 2.29. The van der Waals surface area contributed by atoms with Crippen molar-refractivity contribution >= 4 is 5.82 Å². The molecule has 1 aromatic heterocycles. The van der Waals surface area contributed by atoms with E-state index >= 15 is 0 Å². The van der Waals surface area contributed by atoms with Gasteiger partial charge in [0.05, 0.1) is 0 Å². The van der Waals surface area contributed by atoms with E-state index in [-0.39, 0.29) is 0 Å². The number of anilines is 1. The Hall–Kier alpha value is -1.20. The molecule has 3 N–H and O–H groups in total. The Morgan fingerprint density at radius 1 is 1.44 bits per heavy atom. The zero-order valence-electron chi connectivity index (χ0n) is 9.62. The maximum atomic E-state index is 12.8. The number of aromatic nitrogens is 1. The van der Waals surface area contributed by atoms with Gasteiger partial charge in [-0.15, -0.1) is 0 Å². The summed E-state index contributed by atoms with van der Waals surface area (Å²) in [6.07, 6.45) is 0. The van der Waals surface area contributed by atoms with Crippen LogP contribution in [0.15, 0.2) is 18.2 Å². The summed E-state index contributed by atoms with van der Waals surface area (Å²) >= 11 is 0. The number of nitrogens with zero attached hydrogens (tertiary/aromatic N) is 2. The van der Waals surface area contributed by atoms with E-state index in [1.807, 2.05) is 0 Å². The zero-order chi connectivity index (χ0) is 11.8. The summed E-state index contributed by atoms with van der Waals surface area (Å²) in [5.74, 6) is 0.114. The molecule has 0 amide bonds. The van der Waals surface area contributed by atoms with Crippen LogP contribution in [0.3, 0.4) is 0 Å². The van der Waals surface area contributed by atoms with Gasteiger partial charge in [-0.3, -0.25) is 0 Å². The van der Waals surface area contributed by atoms with Crippen LogP contribution in [0.5, 0.6) is 0 Å². The van der Waals surface area contributed by atoms with Gasteiger partial charge in [0.25, 0.3) is 0 Å². The van der Waals surface area contributed by atoms with Crippen molar-refractivity contribution in [2.45, 2.75) is 6.92 Å². The summed E-state index contributed by atoms with van der Waals surface area (Å²) in [6, 6.07) is 4.72. The Labute approximate surface area is 95.7 Å². The first-order valence-electron chi connectivity index (χ1n) is 5.55. The quantitative estimate of drug-likeness (QED) is 0.679. The molecular weight excluding hydrogens is 207 g/mol. The molecule has 1 aromatic rings. The standard InChI is InChI=1S/C11H19FN4/c1-2-16(8-6-13)9-7-14-11-5-3-4-10(12)15-11/h3-5H,2,6-9,13H2,1H3,(H,14,15). The number of pyridine rings is 1. The van der Waals surface area contributed by atoms with E-state index in [0.29, 0.717) is 12.4 Å². The first kappa shape index (κ1) is 12.9. The summed E-state index contributed by atoms with van der Waals surface area (Å²) < 4.78 is 12.8. The molecular formula is C11H19FN4. The van der Waals surface area contributed by atoms with Gasteiger partial charge in [-0.25, -0.2) is 4.98 Å². The first-order chi connectivity index (χ1) is 7.76. The fourth-order valence-corrected chi connectivity index (χ4v) is 1.46. The maximum Gasteiger partial charge on any atom is 0.214 e. The van der Waals surface area contributed by atoms with Crippen LogP contribution in [0.25, 0.3) is 0 Å². The molecule has 16 heavy (non-hydrogen) atoms. The van der Waals surface area contributed by atoms with Gasteiger partial charge in [0.1, 0.15) is 5.82 Å². The highest BCUT2D eigenvalue weighted by molar-refractivity contribution is 5.33. The van der Waals surface area contributed by atoms with Gasteiger partial charge in [-0.2, -0.15) is 4.39 Å². The molecule has 0 atom stereocenters. The normalized spacial score (nSPS) is 10.8. The summed E-state index contributed by atoms with van der Waals surface area (Å²) in [7, 11) is 0. The third-order valence-corrected chi connectivity index (χ3v) is 2.34. The third kappa shape index (κ3) is 4.55. The van der Waals surface area contributed by atoms with Crippen molar-refractivity contribution in [1.82, 2.24) is 9.88 Å². The van der Waals surface area contributed by atoms with Gasteiger partial charge in [0.2, 0.25) is 5.95 Å². The topological polar surface area (TPSA) is 54.2 Å². The van der Waals surface area contributed by atoms with Crippen molar-refractivity contribution in [3.8, 4) is 0 Å². The second-order valence-corrected chi connectivity index (χ2v) is 3.50. The Morgan fingerprint density at radius 2 is 2.25 bits per heavy atom. The summed E-state index contributed by atoms with van der Waals surface area (Å²) in [5, 5.41) is 3.08. The Kier molecular flexibility index (Phi) is 5.74. The number of hydrogen-bond acceptors (Lipinski definition) is 4. The number of nitrogens with two attached hydrogens (primary N) is 1. The highest BCUT2D eigenvalue weighted by Gasteiger charge is 2.00. The number of hydrogen-bond donors (Lipinski definition) is 2. The fourth-order valence-electron chi connectivity index (χ4n) is 1.46. The van der Waals surface area contributed by atoms with Crippen LogP contribution in [0.4, 0.5) is 10.2 Å². The van der Waals surface area contributed by atoms with Crippen molar-refractivity contribution in [3.63, 3.8) is 0 Å². The predicted molar refractivity (Wildman–Crippen MR) is 63.9 cm³/mol. The van der Waals surface area contributed by atoms with Gasteiger partial charge < -0.3 is 16.0 Å². The van der Waals surface area contributed by atoms with Gasteiger partial charge in [-0.05, 0) is 18.7 Å². The molecule has 0 bridgehead atoms. The largest absolute Gasteiger partial charge is 0.369 e. The minimum absolute atomic E-state index is 0.459. The first-order valence-corrected chi connectivity index (χ1v) is 5.55. The molecule has 0 unspecified atom stereocenters. The zero-order valence-corrected chi connectivity index (χ0v) is 9.62. The molecule has 0 saturated heterocycles. The van der Waals surface area contributed by atoms with E-state index in [4.69, 9.17) is 5.73 Å². The molecule has 0 aliphatic heterocycles. The minimum Gasteiger partial charge on any atom is -0.369 e. The molecule has 5 heteroatoms. The number of halogens is 1. The molecule has 0 aliphatic carbocycles. The highest BCUT2D eigenvalue weighted by atomic mass is 19.1. The van der Waals surface area contributed by atoms with E-state index in [2.05, 4.69) is 22.1 Å². The smallest absolute Gasteiger partial charge is 0.214 e. The van der Waals surface area contributed by atoms with E-state index in [1.54, 1.807) is 12.1 Å². The summed E-state index contributed by atoms with van der Waals surface area (Å²) in [4.78, 5) is 5.95. The van der Waals surface area contributed by atoms with Crippen LogP contribution in [-0.4, -0.2) is 42.6 Å². The van der Waals surface area contributed by atoms with Crippen LogP contribution in [0, 0.1) is 5.95 Å². The van der Waals surface area contributed by atoms with E-state index in [0.717, 1.165) is 26.2 Å². The molecule has 0 aliphatic rings. The van der Waals surface area contributed by atoms with Gasteiger partial charge in [0.15, 0.2) is 0 Å². The fraction of sp³-hybridized carbons (Fsp3) is 0.545. The predicted octanol–water partition coefficient (Wildman–Crippen LogP) is 0.913. The maximum absolute atomic E-state index is 12.8. The van der Waals surface area contributed by atoms with Crippen molar-refractivity contribution in [2.24, 2.45) is 5.73 Å². The third-order valence-electron chi connectivity index (χ3n) is 2.34. The van der Waals surface area contributed by atoms with Crippen LogP contribution >= 0.6 is 0 Å². The highest BCUT2D eigenvalue weighted by Crippen LogP contribution is 2.02. The molecule has 0 radical (unpaired) electrons. The lowest BCUT2D eigenvalue weighted by Gasteiger charge is -2.19. The second kappa shape index (κ2) is 7.14. The number of nitrogens with one attached hydrogen (secondary N) is 1. The van der Waals surface area contributed by atoms with Gasteiger partial charge in [0, 0.05) is 26.2 Å².